The van der Waals surface area contributed by atoms with Crippen molar-refractivity contribution < 1.29 is 18.3 Å². The zero-order chi connectivity index (χ0) is 22.2. The van der Waals surface area contributed by atoms with Gasteiger partial charge in [-0.05, 0) is 39.7 Å². The predicted molar refractivity (Wildman–Crippen MR) is 111 cm³/mol. The van der Waals surface area contributed by atoms with Gasteiger partial charge in [0.2, 0.25) is 5.60 Å². The van der Waals surface area contributed by atoms with Crippen LogP contribution in [0.25, 0.3) is 0 Å². The van der Waals surface area contributed by atoms with Crippen molar-refractivity contribution in [2.24, 2.45) is 12.0 Å². The fourth-order valence-corrected chi connectivity index (χ4v) is 3.80. The van der Waals surface area contributed by atoms with Crippen LogP contribution in [0.15, 0.2) is 17.4 Å². The van der Waals surface area contributed by atoms with E-state index in [0.29, 0.717) is 25.1 Å². The molecule has 1 aliphatic heterocycles. The second kappa shape index (κ2) is 11.0. The molecule has 10 heteroatoms. The molecular formula is C20H35F3N6O. The Labute approximate surface area is 176 Å². The Kier molecular flexibility index (Phi) is 8.96. The Balaban J connectivity index is 1.89. The van der Waals surface area contributed by atoms with Gasteiger partial charge in [0, 0.05) is 58.1 Å². The van der Waals surface area contributed by atoms with E-state index < -0.39 is 24.0 Å². The lowest BCUT2D eigenvalue weighted by atomic mass is 9.97. The van der Waals surface area contributed by atoms with Crippen molar-refractivity contribution in [3.63, 3.8) is 0 Å². The van der Waals surface area contributed by atoms with Gasteiger partial charge in [-0.3, -0.25) is 4.99 Å². The number of aliphatic hydroxyl groups is 1. The molecule has 1 aromatic heterocycles. The van der Waals surface area contributed by atoms with Crippen molar-refractivity contribution in [2.75, 3.05) is 32.7 Å². The monoisotopic (exact) mass is 432 g/mol. The number of hydrogen-bond donors (Lipinski definition) is 3. The molecule has 2 rings (SSSR count). The molecule has 0 amide bonds. The molecule has 0 aliphatic carbocycles. The van der Waals surface area contributed by atoms with Gasteiger partial charge in [-0.15, -0.1) is 0 Å². The summed E-state index contributed by atoms with van der Waals surface area (Å²) in [5.74, 6) is 0.0305. The van der Waals surface area contributed by atoms with Crippen LogP contribution in [0, 0.1) is 0 Å². The summed E-state index contributed by atoms with van der Waals surface area (Å²) in [6.07, 6.45) is 1.85. The van der Waals surface area contributed by atoms with Gasteiger partial charge in [-0.1, -0.05) is 6.42 Å². The van der Waals surface area contributed by atoms with Crippen LogP contribution < -0.4 is 10.6 Å². The van der Waals surface area contributed by atoms with Gasteiger partial charge in [0.05, 0.1) is 0 Å². The molecule has 2 atom stereocenters. The zero-order valence-electron chi connectivity index (χ0n) is 18.2. The van der Waals surface area contributed by atoms with Crippen molar-refractivity contribution in [1.29, 1.82) is 0 Å². The molecule has 30 heavy (non-hydrogen) atoms. The summed E-state index contributed by atoms with van der Waals surface area (Å²) in [5.41, 5.74) is -3.03. The molecule has 1 fully saturated rings. The molecule has 7 nitrogen and oxygen atoms in total. The smallest absolute Gasteiger partial charge is 0.374 e. The summed E-state index contributed by atoms with van der Waals surface area (Å²) in [4.78, 5) is 10.7. The van der Waals surface area contributed by atoms with Gasteiger partial charge in [-0.25, -0.2) is 4.98 Å². The van der Waals surface area contributed by atoms with Crippen LogP contribution in [0.1, 0.15) is 51.8 Å². The first-order valence-electron chi connectivity index (χ1n) is 10.7. The Morgan fingerprint density at radius 1 is 1.33 bits per heavy atom. The van der Waals surface area contributed by atoms with Crippen molar-refractivity contribution in [3.05, 3.63) is 18.2 Å². The highest BCUT2D eigenvalue weighted by Crippen LogP contribution is 2.40. The molecule has 172 valence electrons. The summed E-state index contributed by atoms with van der Waals surface area (Å²) in [6.45, 7) is 7.31. The topological polar surface area (TPSA) is 77.7 Å². The van der Waals surface area contributed by atoms with E-state index in [1.54, 1.807) is 0 Å². The van der Waals surface area contributed by atoms with Crippen molar-refractivity contribution in [3.8, 4) is 0 Å². The maximum atomic E-state index is 13.6. The maximum Gasteiger partial charge on any atom is 0.424 e. The SMILES string of the molecule is CCNC(=NCCCN1CCCCC1C)NCCC(O)(c1nccn1C)C(F)(F)F. The molecule has 1 saturated heterocycles. The highest BCUT2D eigenvalue weighted by molar-refractivity contribution is 5.79. The van der Waals surface area contributed by atoms with Gasteiger partial charge >= 0.3 is 6.18 Å². The molecule has 0 saturated carbocycles. The number of halogens is 3. The number of hydrogen-bond acceptors (Lipinski definition) is 4. The molecule has 0 radical (unpaired) electrons. The number of aliphatic imine (C=N–C) groups is 1. The minimum Gasteiger partial charge on any atom is -0.374 e. The number of alkyl halides is 3. The minimum atomic E-state index is -4.84. The van der Waals surface area contributed by atoms with Gasteiger partial charge < -0.3 is 25.2 Å². The highest BCUT2D eigenvalue weighted by atomic mass is 19.4. The lowest BCUT2D eigenvalue weighted by molar-refractivity contribution is -0.272. The van der Waals surface area contributed by atoms with Crippen LogP contribution in [0.5, 0.6) is 0 Å². The first-order chi connectivity index (χ1) is 14.2. The van der Waals surface area contributed by atoms with E-state index >= 15 is 0 Å². The molecule has 2 heterocycles. The quantitative estimate of drug-likeness (QED) is 0.317. The largest absolute Gasteiger partial charge is 0.424 e. The molecule has 2 unspecified atom stereocenters. The van der Waals surface area contributed by atoms with E-state index in [9.17, 15) is 18.3 Å². The number of rotatable bonds is 9. The Bertz CT molecular complexity index is 678. The van der Waals surface area contributed by atoms with Gasteiger partial charge in [0.25, 0.3) is 0 Å². The number of nitrogens with zero attached hydrogens (tertiary/aromatic N) is 4. The van der Waals surface area contributed by atoms with E-state index in [0.717, 1.165) is 19.5 Å². The molecule has 0 aromatic carbocycles. The van der Waals surface area contributed by atoms with Gasteiger partial charge in [-0.2, -0.15) is 13.2 Å². The maximum absolute atomic E-state index is 13.6. The van der Waals surface area contributed by atoms with E-state index in [4.69, 9.17) is 0 Å². The van der Waals surface area contributed by atoms with Crippen molar-refractivity contribution >= 4 is 5.96 Å². The number of nitrogens with one attached hydrogen (secondary N) is 2. The molecule has 0 bridgehead atoms. The number of aromatic nitrogens is 2. The number of guanidine groups is 1. The summed E-state index contributed by atoms with van der Waals surface area (Å²) in [7, 11) is 1.43. The van der Waals surface area contributed by atoms with Crippen LogP contribution in [-0.4, -0.2) is 70.5 Å². The third kappa shape index (κ3) is 6.34. The molecular weight excluding hydrogens is 397 g/mol. The first kappa shape index (κ1) is 24.5. The second-order valence-electron chi connectivity index (χ2n) is 7.89. The standard InChI is InChI=1S/C20H35F3N6O/c1-4-24-18(26-10-7-14-29-13-6-5-8-16(29)2)27-11-9-19(30,20(21,22)23)17-25-12-15-28(17)3/h12,15-16,30H,4-11,13-14H2,1-3H3,(H2,24,26,27). The molecule has 1 aromatic rings. The lowest BCUT2D eigenvalue weighted by Gasteiger charge is -2.33. The van der Waals surface area contributed by atoms with Crippen LogP contribution in [-0.2, 0) is 12.6 Å². The molecule has 3 N–H and O–H groups in total. The molecule has 1 aliphatic rings. The lowest BCUT2D eigenvalue weighted by Crippen LogP contribution is -2.48. The Morgan fingerprint density at radius 3 is 2.70 bits per heavy atom. The third-order valence-corrected chi connectivity index (χ3v) is 5.60. The van der Waals surface area contributed by atoms with E-state index in [1.807, 2.05) is 6.92 Å². The van der Waals surface area contributed by atoms with Crippen LogP contribution in [0.3, 0.4) is 0 Å². The second-order valence-corrected chi connectivity index (χ2v) is 7.89. The van der Waals surface area contributed by atoms with Crippen LogP contribution in [0.2, 0.25) is 0 Å². The normalized spacial score (nSPS) is 20.8. The van der Waals surface area contributed by atoms with Crippen molar-refractivity contribution in [2.45, 2.75) is 63.8 Å². The van der Waals surface area contributed by atoms with Gasteiger partial charge in [0.1, 0.15) is 5.82 Å². The zero-order valence-corrected chi connectivity index (χ0v) is 18.2. The minimum absolute atomic E-state index is 0.0993. The Hall–Kier alpha value is -1.81. The van der Waals surface area contributed by atoms with E-state index in [1.165, 1.54) is 43.3 Å². The number of likely N-dealkylation sites (tertiary alicyclic amines) is 1. The summed E-state index contributed by atoms with van der Waals surface area (Å²) < 4.78 is 42.0. The summed E-state index contributed by atoms with van der Waals surface area (Å²) in [6, 6.07) is 0.597. The van der Waals surface area contributed by atoms with E-state index in [2.05, 4.69) is 32.4 Å². The predicted octanol–water partition coefficient (Wildman–Crippen LogP) is 2.38. The Morgan fingerprint density at radius 2 is 2.10 bits per heavy atom. The van der Waals surface area contributed by atoms with Crippen molar-refractivity contribution in [1.82, 2.24) is 25.1 Å². The molecule has 0 spiro atoms. The number of piperidine rings is 1. The summed E-state index contributed by atoms with van der Waals surface area (Å²) >= 11 is 0. The average molecular weight is 433 g/mol. The van der Waals surface area contributed by atoms with Gasteiger partial charge in [0.15, 0.2) is 5.96 Å². The first-order valence-corrected chi connectivity index (χ1v) is 10.7. The third-order valence-electron chi connectivity index (χ3n) is 5.60. The fraction of sp³-hybridized carbons (Fsp3) is 0.800. The van der Waals surface area contributed by atoms with Crippen LogP contribution >= 0.6 is 0 Å². The number of imidazole rings is 1. The van der Waals surface area contributed by atoms with Crippen LogP contribution in [0.4, 0.5) is 13.2 Å². The fourth-order valence-electron chi connectivity index (χ4n) is 3.80. The van der Waals surface area contributed by atoms with E-state index in [-0.39, 0.29) is 6.54 Å². The number of aryl methyl sites for hydroxylation is 1. The summed E-state index contributed by atoms with van der Waals surface area (Å²) in [5, 5.41) is 16.3. The highest BCUT2D eigenvalue weighted by Gasteiger charge is 2.57. The average Bonchev–Trinajstić information content (AvgIpc) is 3.11.